The van der Waals surface area contributed by atoms with E-state index in [1.807, 2.05) is 16.9 Å². The first kappa shape index (κ1) is 13.9. The van der Waals surface area contributed by atoms with Gasteiger partial charge in [0.1, 0.15) is 0 Å². The van der Waals surface area contributed by atoms with Crippen molar-refractivity contribution >= 4 is 5.96 Å². The lowest BCUT2D eigenvalue weighted by molar-refractivity contribution is 0.270. The van der Waals surface area contributed by atoms with Gasteiger partial charge in [-0.1, -0.05) is 13.8 Å². The molecule has 1 aliphatic rings. The molecule has 2 unspecified atom stereocenters. The highest BCUT2D eigenvalue weighted by Gasteiger charge is 2.17. The summed E-state index contributed by atoms with van der Waals surface area (Å²) in [7, 11) is 0. The number of piperidine rings is 1. The molecule has 1 saturated heterocycles. The molecule has 0 spiro atoms. The van der Waals surface area contributed by atoms with Crippen molar-refractivity contribution in [2.45, 2.75) is 33.2 Å². The summed E-state index contributed by atoms with van der Waals surface area (Å²) in [5.74, 6) is 1.88. The van der Waals surface area contributed by atoms with E-state index in [-0.39, 0.29) is 0 Å². The Hall–Kier alpha value is -1.52. The first-order chi connectivity index (χ1) is 9.15. The van der Waals surface area contributed by atoms with Crippen LogP contribution in [0.3, 0.4) is 0 Å². The smallest absolute Gasteiger partial charge is 0.191 e. The van der Waals surface area contributed by atoms with Crippen LogP contribution in [0.1, 0.15) is 26.7 Å². The highest BCUT2D eigenvalue weighted by atomic mass is 15.3. The van der Waals surface area contributed by atoms with Gasteiger partial charge in [0.05, 0.1) is 0 Å². The van der Waals surface area contributed by atoms with Crippen LogP contribution in [0.2, 0.25) is 0 Å². The molecule has 5 nitrogen and oxygen atoms in total. The molecule has 0 radical (unpaired) electrons. The van der Waals surface area contributed by atoms with Crippen LogP contribution in [0.25, 0.3) is 0 Å². The van der Waals surface area contributed by atoms with Crippen LogP contribution in [-0.4, -0.2) is 40.3 Å². The van der Waals surface area contributed by atoms with Gasteiger partial charge in [-0.05, 0) is 30.7 Å². The molecular formula is C14H25N5. The van der Waals surface area contributed by atoms with Crippen LogP contribution in [0.4, 0.5) is 0 Å². The number of aliphatic imine (C=N–C) groups is 1. The molecule has 1 aliphatic heterocycles. The van der Waals surface area contributed by atoms with Crippen molar-refractivity contribution in [3.8, 4) is 0 Å². The Bertz CT molecular complexity index is 398. The third-order valence-electron chi connectivity index (χ3n) is 3.60. The zero-order valence-electron chi connectivity index (χ0n) is 12.0. The van der Waals surface area contributed by atoms with E-state index >= 15 is 0 Å². The van der Waals surface area contributed by atoms with E-state index in [1.54, 1.807) is 6.20 Å². The monoisotopic (exact) mass is 263 g/mol. The summed E-state index contributed by atoms with van der Waals surface area (Å²) in [6.07, 6.45) is 6.31. The summed E-state index contributed by atoms with van der Waals surface area (Å²) in [5.41, 5.74) is 6.09. The molecular weight excluding hydrogens is 238 g/mol. The topological polar surface area (TPSA) is 59.4 Å². The Morgan fingerprint density at radius 1 is 1.58 bits per heavy atom. The lowest BCUT2D eigenvalue weighted by atomic mass is 10.0. The van der Waals surface area contributed by atoms with Crippen molar-refractivity contribution in [2.24, 2.45) is 22.6 Å². The van der Waals surface area contributed by atoms with Crippen molar-refractivity contribution in [1.82, 2.24) is 14.7 Å². The van der Waals surface area contributed by atoms with Gasteiger partial charge in [-0.25, -0.2) is 0 Å². The first-order valence-corrected chi connectivity index (χ1v) is 7.17. The van der Waals surface area contributed by atoms with Gasteiger partial charge >= 0.3 is 0 Å². The highest BCUT2D eigenvalue weighted by Crippen LogP contribution is 2.15. The first-order valence-electron chi connectivity index (χ1n) is 7.17. The predicted molar refractivity (Wildman–Crippen MR) is 77.9 cm³/mol. The third-order valence-corrected chi connectivity index (χ3v) is 3.60. The lowest BCUT2D eigenvalue weighted by Crippen LogP contribution is -2.43. The fourth-order valence-electron chi connectivity index (χ4n) is 2.53. The normalized spacial score (nSPS) is 22.5. The second kappa shape index (κ2) is 6.59. The van der Waals surface area contributed by atoms with E-state index in [2.05, 4.69) is 28.8 Å². The fraction of sp³-hybridized carbons (Fsp3) is 0.714. The quantitative estimate of drug-likeness (QED) is 0.662. The standard InChI is InChI=1S/C14H25N5/c1-12-5-3-7-18(10-12)14(15)16-9-13(2)11-19-8-4-6-17-19/h4,6,8,12-13H,3,5,7,9-11H2,1-2H3,(H2,15,16). The molecule has 2 rings (SSSR count). The fourth-order valence-corrected chi connectivity index (χ4v) is 2.53. The second-order valence-corrected chi connectivity index (χ2v) is 5.73. The minimum absolute atomic E-state index is 0.445. The summed E-state index contributed by atoms with van der Waals surface area (Å²) >= 11 is 0. The molecule has 2 atom stereocenters. The summed E-state index contributed by atoms with van der Waals surface area (Å²) in [6.45, 7) is 8.20. The number of rotatable bonds is 4. The zero-order valence-corrected chi connectivity index (χ0v) is 12.0. The molecule has 19 heavy (non-hydrogen) atoms. The number of aromatic nitrogens is 2. The maximum atomic E-state index is 6.09. The molecule has 2 N–H and O–H groups in total. The van der Waals surface area contributed by atoms with Crippen LogP contribution in [-0.2, 0) is 6.54 Å². The van der Waals surface area contributed by atoms with Crippen molar-refractivity contribution < 1.29 is 0 Å². The zero-order chi connectivity index (χ0) is 13.7. The minimum atomic E-state index is 0.445. The minimum Gasteiger partial charge on any atom is -0.370 e. The van der Waals surface area contributed by atoms with Gasteiger partial charge in [-0.3, -0.25) is 9.67 Å². The largest absolute Gasteiger partial charge is 0.370 e. The van der Waals surface area contributed by atoms with Gasteiger partial charge in [-0.2, -0.15) is 5.10 Å². The Morgan fingerprint density at radius 2 is 2.42 bits per heavy atom. The highest BCUT2D eigenvalue weighted by molar-refractivity contribution is 5.78. The summed E-state index contributed by atoms with van der Waals surface area (Å²) in [5, 5.41) is 4.21. The predicted octanol–water partition coefficient (Wildman–Crippen LogP) is 1.57. The molecule has 5 heteroatoms. The SMILES string of the molecule is CC1CCCN(C(N)=NCC(C)Cn2cccn2)C1. The molecule has 0 saturated carbocycles. The van der Waals surface area contributed by atoms with E-state index in [1.165, 1.54) is 12.8 Å². The van der Waals surface area contributed by atoms with Crippen molar-refractivity contribution in [3.05, 3.63) is 18.5 Å². The van der Waals surface area contributed by atoms with Crippen LogP contribution < -0.4 is 5.73 Å². The molecule has 0 aliphatic carbocycles. The van der Waals surface area contributed by atoms with E-state index < -0.39 is 0 Å². The molecule has 0 aromatic carbocycles. The van der Waals surface area contributed by atoms with Crippen molar-refractivity contribution in [1.29, 1.82) is 0 Å². The Morgan fingerprint density at radius 3 is 3.11 bits per heavy atom. The second-order valence-electron chi connectivity index (χ2n) is 5.73. The van der Waals surface area contributed by atoms with Gasteiger partial charge in [0.2, 0.25) is 0 Å². The summed E-state index contributed by atoms with van der Waals surface area (Å²) < 4.78 is 1.94. The molecule has 0 bridgehead atoms. The molecule has 1 fully saturated rings. The maximum absolute atomic E-state index is 6.09. The maximum Gasteiger partial charge on any atom is 0.191 e. The Balaban J connectivity index is 1.80. The average Bonchev–Trinajstić information content (AvgIpc) is 2.88. The van der Waals surface area contributed by atoms with E-state index in [0.717, 1.165) is 32.1 Å². The van der Waals surface area contributed by atoms with Crippen LogP contribution >= 0.6 is 0 Å². The van der Waals surface area contributed by atoms with Gasteiger partial charge in [0.25, 0.3) is 0 Å². The van der Waals surface area contributed by atoms with E-state index in [9.17, 15) is 0 Å². The van der Waals surface area contributed by atoms with Crippen LogP contribution in [0.5, 0.6) is 0 Å². The number of nitrogens with zero attached hydrogens (tertiary/aromatic N) is 4. The van der Waals surface area contributed by atoms with Gasteiger partial charge in [-0.15, -0.1) is 0 Å². The van der Waals surface area contributed by atoms with Gasteiger partial charge in [0, 0.05) is 38.6 Å². The van der Waals surface area contributed by atoms with Gasteiger partial charge < -0.3 is 10.6 Å². The number of nitrogens with two attached hydrogens (primary N) is 1. The Kier molecular flexibility index (Phi) is 4.82. The Labute approximate surface area is 115 Å². The molecule has 1 aromatic rings. The van der Waals surface area contributed by atoms with Crippen molar-refractivity contribution in [3.63, 3.8) is 0 Å². The van der Waals surface area contributed by atoms with Crippen molar-refractivity contribution in [2.75, 3.05) is 19.6 Å². The summed E-state index contributed by atoms with van der Waals surface area (Å²) in [4.78, 5) is 6.76. The molecule has 2 heterocycles. The van der Waals surface area contributed by atoms with Gasteiger partial charge in [0.15, 0.2) is 5.96 Å². The number of guanidine groups is 1. The summed E-state index contributed by atoms with van der Waals surface area (Å²) in [6, 6.07) is 1.94. The van der Waals surface area contributed by atoms with Crippen LogP contribution in [0, 0.1) is 11.8 Å². The molecule has 1 aromatic heterocycles. The molecule has 0 amide bonds. The third kappa shape index (κ3) is 4.26. The van der Waals surface area contributed by atoms with Crippen LogP contribution in [0.15, 0.2) is 23.5 Å². The van der Waals surface area contributed by atoms with E-state index in [0.29, 0.717) is 11.9 Å². The lowest BCUT2D eigenvalue weighted by Gasteiger charge is -2.31. The number of hydrogen-bond acceptors (Lipinski definition) is 2. The molecule has 106 valence electrons. The number of hydrogen-bond donors (Lipinski definition) is 1. The van der Waals surface area contributed by atoms with E-state index in [4.69, 9.17) is 5.73 Å². The number of likely N-dealkylation sites (tertiary alicyclic amines) is 1. The average molecular weight is 263 g/mol.